The first-order valence-corrected chi connectivity index (χ1v) is 6.76. The lowest BCUT2D eigenvalue weighted by molar-refractivity contribution is 0.0903. The largest absolute Gasteiger partial charge is 0.378 e. The lowest BCUT2D eigenvalue weighted by Gasteiger charge is -2.14. The minimum atomic E-state index is -0.203. The molecule has 0 radical (unpaired) electrons. The van der Waals surface area contributed by atoms with Crippen LogP contribution in [0.2, 0.25) is 0 Å². The van der Waals surface area contributed by atoms with Crippen LogP contribution in [0.15, 0.2) is 18.3 Å². The monoisotopic (exact) mass is 273 g/mol. The fraction of sp³-hybridized carbons (Fsp3) is 0.467. The maximum Gasteiger partial charge on any atom is 0.271 e. The highest BCUT2D eigenvalue weighted by Gasteiger charge is 2.25. The number of carbonyl (C=O) groups excluding carboxylic acids is 1. The average Bonchev–Trinajstić information content (AvgIpc) is 2.88. The van der Waals surface area contributed by atoms with Crippen LogP contribution in [0.25, 0.3) is 0 Å². The smallest absolute Gasteiger partial charge is 0.271 e. The molecule has 1 aliphatic rings. The van der Waals surface area contributed by atoms with E-state index < -0.39 is 0 Å². The van der Waals surface area contributed by atoms with E-state index >= 15 is 0 Å². The first-order valence-electron chi connectivity index (χ1n) is 6.76. The van der Waals surface area contributed by atoms with E-state index in [2.05, 4.69) is 22.1 Å². The summed E-state index contributed by atoms with van der Waals surface area (Å²) in [6, 6.07) is 3.52. The van der Waals surface area contributed by atoms with Gasteiger partial charge in [-0.2, -0.15) is 0 Å². The van der Waals surface area contributed by atoms with E-state index in [-0.39, 0.29) is 18.6 Å². The highest BCUT2D eigenvalue weighted by Crippen LogP contribution is 2.19. The van der Waals surface area contributed by atoms with Gasteiger partial charge in [-0.3, -0.25) is 4.79 Å². The zero-order chi connectivity index (χ0) is 14.4. The van der Waals surface area contributed by atoms with Gasteiger partial charge in [0.2, 0.25) is 0 Å². The maximum atomic E-state index is 12.2. The van der Waals surface area contributed by atoms with Gasteiger partial charge in [-0.1, -0.05) is 11.8 Å². The third kappa shape index (κ3) is 3.56. The SMILES string of the molecule is CC1OCCC1CNC(=O)c1ncccc1C#CCN. The van der Waals surface area contributed by atoms with Crippen molar-refractivity contribution < 1.29 is 9.53 Å². The number of aromatic nitrogens is 1. The second-order valence-electron chi connectivity index (χ2n) is 4.74. The molecule has 106 valence electrons. The molecule has 0 saturated carbocycles. The first-order chi connectivity index (χ1) is 9.72. The minimum Gasteiger partial charge on any atom is -0.378 e. The van der Waals surface area contributed by atoms with Crippen LogP contribution in [-0.2, 0) is 4.74 Å². The van der Waals surface area contributed by atoms with Crippen molar-refractivity contribution >= 4 is 5.91 Å². The van der Waals surface area contributed by atoms with E-state index in [0.29, 0.717) is 23.7 Å². The van der Waals surface area contributed by atoms with Gasteiger partial charge in [0, 0.05) is 25.3 Å². The van der Waals surface area contributed by atoms with E-state index in [9.17, 15) is 4.79 Å². The van der Waals surface area contributed by atoms with E-state index in [4.69, 9.17) is 10.5 Å². The number of pyridine rings is 1. The molecule has 1 saturated heterocycles. The van der Waals surface area contributed by atoms with E-state index in [0.717, 1.165) is 13.0 Å². The summed E-state index contributed by atoms with van der Waals surface area (Å²) in [6.07, 6.45) is 2.75. The molecule has 0 spiro atoms. The van der Waals surface area contributed by atoms with Gasteiger partial charge in [0.15, 0.2) is 0 Å². The van der Waals surface area contributed by atoms with Crippen LogP contribution in [0.1, 0.15) is 29.4 Å². The summed E-state index contributed by atoms with van der Waals surface area (Å²) in [4.78, 5) is 16.3. The van der Waals surface area contributed by atoms with Crippen molar-refractivity contribution in [3.05, 3.63) is 29.6 Å². The molecular weight excluding hydrogens is 254 g/mol. The predicted octanol–water partition coefficient (Wildman–Crippen LogP) is 0.547. The Morgan fingerprint density at radius 1 is 1.65 bits per heavy atom. The summed E-state index contributed by atoms with van der Waals surface area (Å²) < 4.78 is 5.48. The molecule has 5 nitrogen and oxygen atoms in total. The van der Waals surface area contributed by atoms with Crippen molar-refractivity contribution in [2.75, 3.05) is 19.7 Å². The van der Waals surface area contributed by atoms with Gasteiger partial charge in [-0.05, 0) is 25.5 Å². The number of hydrogen-bond acceptors (Lipinski definition) is 4. The Morgan fingerprint density at radius 3 is 3.20 bits per heavy atom. The molecule has 1 aromatic rings. The van der Waals surface area contributed by atoms with Crippen molar-refractivity contribution in [2.45, 2.75) is 19.4 Å². The number of nitrogens with one attached hydrogen (secondary N) is 1. The Balaban J connectivity index is 2.02. The zero-order valence-corrected chi connectivity index (χ0v) is 11.6. The lowest BCUT2D eigenvalue weighted by atomic mass is 10.0. The van der Waals surface area contributed by atoms with Crippen LogP contribution >= 0.6 is 0 Å². The van der Waals surface area contributed by atoms with Crippen LogP contribution in [0.4, 0.5) is 0 Å². The molecule has 5 heteroatoms. The molecule has 0 aromatic carbocycles. The summed E-state index contributed by atoms with van der Waals surface area (Å²) in [5.74, 6) is 5.77. The Hall–Kier alpha value is -1.90. The van der Waals surface area contributed by atoms with Crippen molar-refractivity contribution in [3.8, 4) is 11.8 Å². The second kappa shape index (κ2) is 7.04. The standard InChI is InChI=1S/C15H19N3O2/c1-11-13(6-9-20-11)10-18-15(19)14-12(4-2-7-16)5-3-8-17-14/h3,5,8,11,13H,6-7,9-10,16H2,1H3,(H,18,19). The Morgan fingerprint density at radius 2 is 2.50 bits per heavy atom. The fourth-order valence-electron chi connectivity index (χ4n) is 2.19. The van der Waals surface area contributed by atoms with Crippen molar-refractivity contribution in [1.82, 2.24) is 10.3 Å². The number of nitrogens with two attached hydrogens (primary N) is 1. The van der Waals surface area contributed by atoms with Gasteiger partial charge in [0.25, 0.3) is 5.91 Å². The van der Waals surface area contributed by atoms with Gasteiger partial charge in [-0.15, -0.1) is 0 Å². The number of amides is 1. The lowest BCUT2D eigenvalue weighted by Crippen LogP contribution is -2.32. The van der Waals surface area contributed by atoms with E-state index in [1.807, 2.05) is 6.92 Å². The zero-order valence-electron chi connectivity index (χ0n) is 11.6. The molecule has 0 aliphatic carbocycles. The van der Waals surface area contributed by atoms with Crippen LogP contribution in [0.3, 0.4) is 0 Å². The number of rotatable bonds is 3. The average molecular weight is 273 g/mol. The summed E-state index contributed by atoms with van der Waals surface area (Å²) in [6.45, 7) is 3.65. The molecular formula is C15H19N3O2. The number of nitrogens with zero attached hydrogens (tertiary/aromatic N) is 1. The molecule has 1 amide bonds. The molecule has 2 rings (SSSR count). The Labute approximate surface area is 118 Å². The van der Waals surface area contributed by atoms with Crippen LogP contribution in [-0.4, -0.2) is 36.7 Å². The Bertz CT molecular complexity index is 533. The third-order valence-corrected chi connectivity index (χ3v) is 3.41. The maximum absolute atomic E-state index is 12.2. The molecule has 2 heterocycles. The fourth-order valence-corrected chi connectivity index (χ4v) is 2.19. The molecule has 2 unspecified atom stereocenters. The van der Waals surface area contributed by atoms with Gasteiger partial charge < -0.3 is 15.8 Å². The van der Waals surface area contributed by atoms with Crippen LogP contribution < -0.4 is 11.1 Å². The molecule has 0 bridgehead atoms. The van der Waals surface area contributed by atoms with E-state index in [1.54, 1.807) is 18.3 Å². The summed E-state index contributed by atoms with van der Waals surface area (Å²) in [5, 5.41) is 2.91. The van der Waals surface area contributed by atoms with Crippen LogP contribution in [0.5, 0.6) is 0 Å². The second-order valence-corrected chi connectivity index (χ2v) is 4.74. The molecule has 1 fully saturated rings. The molecule has 20 heavy (non-hydrogen) atoms. The third-order valence-electron chi connectivity index (χ3n) is 3.41. The molecule has 1 aliphatic heterocycles. The number of hydrogen-bond donors (Lipinski definition) is 2. The van der Waals surface area contributed by atoms with Gasteiger partial charge >= 0.3 is 0 Å². The minimum absolute atomic E-state index is 0.190. The highest BCUT2D eigenvalue weighted by atomic mass is 16.5. The Kier molecular flexibility index (Phi) is 5.10. The summed E-state index contributed by atoms with van der Waals surface area (Å²) >= 11 is 0. The van der Waals surface area contributed by atoms with Crippen molar-refractivity contribution in [2.24, 2.45) is 11.7 Å². The summed E-state index contributed by atoms with van der Waals surface area (Å²) in [7, 11) is 0. The van der Waals surface area contributed by atoms with Crippen molar-refractivity contribution in [3.63, 3.8) is 0 Å². The van der Waals surface area contributed by atoms with Gasteiger partial charge in [0.1, 0.15) is 5.69 Å². The van der Waals surface area contributed by atoms with Crippen molar-refractivity contribution in [1.29, 1.82) is 0 Å². The van der Waals surface area contributed by atoms with Crippen LogP contribution in [0, 0.1) is 17.8 Å². The quantitative estimate of drug-likeness (QED) is 0.788. The molecule has 3 N–H and O–H groups in total. The first kappa shape index (κ1) is 14.5. The van der Waals surface area contributed by atoms with E-state index in [1.165, 1.54) is 0 Å². The number of carbonyl (C=O) groups is 1. The van der Waals surface area contributed by atoms with Gasteiger partial charge in [-0.25, -0.2) is 4.98 Å². The number of ether oxygens (including phenoxy) is 1. The topological polar surface area (TPSA) is 77.2 Å². The van der Waals surface area contributed by atoms with Gasteiger partial charge in [0.05, 0.1) is 18.2 Å². The molecule has 2 atom stereocenters. The predicted molar refractivity (Wildman–Crippen MR) is 76.0 cm³/mol. The highest BCUT2D eigenvalue weighted by molar-refractivity contribution is 5.94. The molecule has 1 aromatic heterocycles. The normalized spacial score (nSPS) is 21.1. The summed E-state index contributed by atoms with van der Waals surface area (Å²) in [5.41, 5.74) is 6.30.